The predicted molar refractivity (Wildman–Crippen MR) is 410 cm³/mol. The molecule has 8 aromatic carbocycles. The van der Waals surface area contributed by atoms with Crippen molar-refractivity contribution in [2.75, 3.05) is 0 Å². The number of benzene rings is 8. The van der Waals surface area contributed by atoms with Gasteiger partial charge in [0, 0.05) is 0 Å². The monoisotopic (exact) mass is 869 g/mol. The first kappa shape index (κ1) is 52.7. The van der Waals surface area contributed by atoms with Crippen LogP contribution in [-0.4, -0.2) is 220 Å². The number of hydrogen-bond acceptors (Lipinski definition) is 0. The standard InChI is InChI=1S/C42H56B28/c43-15-11(28(56)33(61)29(57)12(15)14-30(58)40(68)42(70)41(69)31(14)59)13-24(52)22(50)9(23(51)25(13)53)2-6-3(17(45)34(62)36(64)19(6)47)1(4-7(2)20(48)37(65)35(63)18(4)46)5-8-10(26(54)32(60)16(5)44)27(55)39(67)38(66)21(8)49/h43-70H2. The fraction of sp³-hybridized carbons (Fsp3) is 0. The second-order valence-electron chi connectivity index (χ2n) is 22.8. The van der Waals surface area contributed by atoms with E-state index in [1.165, 1.54) is 230 Å². The highest BCUT2D eigenvalue weighted by atomic mass is 14.3. The normalized spacial score (nSPS) is 11.6. The van der Waals surface area contributed by atoms with Gasteiger partial charge in [0.15, 0.2) is 0 Å². The Morgan fingerprint density at radius 2 is 0.214 bits per heavy atom. The Kier molecular flexibility index (Phi) is 13.6. The van der Waals surface area contributed by atoms with Gasteiger partial charge in [-0.1, -0.05) is 92.9 Å². The van der Waals surface area contributed by atoms with Crippen molar-refractivity contribution >= 4 is 405 Å². The first-order valence-electron chi connectivity index (χ1n) is 26.2. The van der Waals surface area contributed by atoms with Crippen molar-refractivity contribution in [1.29, 1.82) is 0 Å². The van der Waals surface area contributed by atoms with E-state index in [0.717, 1.165) is 0 Å². The molecule has 0 atom stereocenters. The lowest BCUT2D eigenvalue weighted by atomic mass is 9.54. The summed E-state index contributed by atoms with van der Waals surface area (Å²) in [5, 5.41) is 8.57. The Hall–Kier alpha value is -3.64. The van der Waals surface area contributed by atoms with E-state index in [-0.39, 0.29) is 0 Å². The zero-order valence-electron chi connectivity index (χ0n) is 49.0. The third-order valence-electron chi connectivity index (χ3n) is 20.4. The molecule has 0 heterocycles. The minimum atomic E-state index is 1.39. The fourth-order valence-corrected chi connectivity index (χ4v) is 13.9. The molecule has 0 fully saturated rings. The van der Waals surface area contributed by atoms with E-state index in [9.17, 15) is 0 Å². The molecule has 8 aromatic rings. The average Bonchev–Trinajstić information content (AvgIpc) is 3.33. The highest BCUT2D eigenvalue weighted by Gasteiger charge is 2.31. The SMILES string of the molecule is Bc1c(B)c(B)c(-c2c(B)c(B)c(B)c(-c3c(B)c(B)c(-c4c5c(B)c(B)c(B)c(B)c5c(-c5c(B)c(B)c(B)c6c(B)c(B)c(B)c(B)c56)c5c(B)c(B)c(B)c(B)c45)c(B)c3B)c2B)c(B)c1B. The maximum absolute atomic E-state index is 2.45. The molecule has 0 aliphatic rings. The van der Waals surface area contributed by atoms with Gasteiger partial charge in [-0.25, -0.2) is 0 Å². The van der Waals surface area contributed by atoms with Crippen LogP contribution < -0.4 is 153 Å². The first-order valence-corrected chi connectivity index (χ1v) is 26.2. The van der Waals surface area contributed by atoms with Crippen molar-refractivity contribution in [3.8, 4) is 44.5 Å². The van der Waals surface area contributed by atoms with Gasteiger partial charge in [0.1, 0.15) is 220 Å². The second-order valence-corrected chi connectivity index (χ2v) is 22.8. The van der Waals surface area contributed by atoms with Gasteiger partial charge in [0.25, 0.3) is 0 Å². The van der Waals surface area contributed by atoms with Crippen LogP contribution in [0, 0.1) is 0 Å². The van der Waals surface area contributed by atoms with Crippen LogP contribution in [0.2, 0.25) is 0 Å². The molecular formula is C42H56B28. The minimum Gasteiger partial charge on any atom is -0.102 e. The smallest absolute Gasteiger partial charge is 0.102 e. The Bertz CT molecular complexity index is 3650. The average molecular weight is 864 g/mol. The van der Waals surface area contributed by atoms with E-state index in [1.807, 2.05) is 0 Å². The van der Waals surface area contributed by atoms with Crippen molar-refractivity contribution in [3.63, 3.8) is 0 Å². The summed E-state index contributed by atoms with van der Waals surface area (Å²) in [7, 11) is 66.8. The van der Waals surface area contributed by atoms with Crippen LogP contribution in [0.4, 0.5) is 0 Å². The van der Waals surface area contributed by atoms with Gasteiger partial charge >= 0.3 is 0 Å². The van der Waals surface area contributed by atoms with Gasteiger partial charge in [0.05, 0.1) is 0 Å². The lowest BCUT2D eigenvalue weighted by molar-refractivity contribution is 1.81. The molecule has 0 saturated heterocycles. The summed E-state index contributed by atoms with van der Waals surface area (Å²) in [6.07, 6.45) is 0. The minimum absolute atomic E-state index is 1.39. The highest BCUT2D eigenvalue weighted by Crippen LogP contribution is 2.40. The summed E-state index contributed by atoms with van der Waals surface area (Å²) in [5.41, 5.74) is 50.6. The Morgan fingerprint density at radius 1 is 0.0857 bits per heavy atom. The molecule has 308 valence electrons. The molecule has 0 aliphatic heterocycles. The largest absolute Gasteiger partial charge is 0.140 e. The Balaban J connectivity index is 1.65. The van der Waals surface area contributed by atoms with Gasteiger partial charge in [-0.2, -0.15) is 0 Å². The van der Waals surface area contributed by atoms with Gasteiger partial charge < -0.3 is 0 Å². The molecule has 0 aliphatic carbocycles. The number of fused-ring (bicyclic) bond motifs is 3. The van der Waals surface area contributed by atoms with Crippen LogP contribution in [0.5, 0.6) is 0 Å². The van der Waals surface area contributed by atoms with Crippen molar-refractivity contribution in [3.05, 3.63) is 0 Å². The summed E-state index contributed by atoms with van der Waals surface area (Å²) in [6.45, 7) is 0. The van der Waals surface area contributed by atoms with Crippen LogP contribution in [-0.2, 0) is 0 Å². The van der Waals surface area contributed by atoms with Crippen LogP contribution in [0.25, 0.3) is 76.8 Å². The molecule has 0 N–H and O–H groups in total. The van der Waals surface area contributed by atoms with E-state index in [2.05, 4.69) is 220 Å². The van der Waals surface area contributed by atoms with Gasteiger partial charge in [-0.15, -0.1) is 60.1 Å². The third-order valence-corrected chi connectivity index (χ3v) is 20.4. The van der Waals surface area contributed by atoms with Gasteiger partial charge in [-0.05, 0) is 76.8 Å². The lowest BCUT2D eigenvalue weighted by Gasteiger charge is -2.33. The summed E-state index contributed by atoms with van der Waals surface area (Å²) in [5.74, 6) is 0. The highest BCUT2D eigenvalue weighted by molar-refractivity contribution is 6.77. The van der Waals surface area contributed by atoms with Crippen molar-refractivity contribution in [2.45, 2.75) is 0 Å². The summed E-state index contributed by atoms with van der Waals surface area (Å²) >= 11 is 0. The molecule has 0 saturated carbocycles. The zero-order valence-corrected chi connectivity index (χ0v) is 49.0. The fourth-order valence-electron chi connectivity index (χ4n) is 13.9. The Labute approximate surface area is 446 Å². The summed E-state index contributed by atoms with van der Waals surface area (Å²) in [6, 6.07) is 0. The summed E-state index contributed by atoms with van der Waals surface area (Å²) < 4.78 is 0. The van der Waals surface area contributed by atoms with Crippen molar-refractivity contribution in [2.24, 2.45) is 0 Å². The summed E-state index contributed by atoms with van der Waals surface area (Å²) in [4.78, 5) is 0. The zero-order chi connectivity index (χ0) is 52.2. The molecule has 0 amide bonds. The molecule has 0 aromatic heterocycles. The van der Waals surface area contributed by atoms with E-state index in [0.29, 0.717) is 0 Å². The van der Waals surface area contributed by atoms with E-state index in [1.54, 1.807) is 0 Å². The van der Waals surface area contributed by atoms with E-state index in [4.69, 9.17) is 0 Å². The lowest BCUT2D eigenvalue weighted by Crippen LogP contribution is -2.57. The number of hydrogen-bond donors (Lipinski definition) is 0. The molecule has 70 heavy (non-hydrogen) atoms. The molecule has 28 heteroatoms. The molecule has 0 unspecified atom stereocenters. The van der Waals surface area contributed by atoms with Crippen LogP contribution >= 0.6 is 0 Å². The first-order chi connectivity index (χ1) is 32.5. The van der Waals surface area contributed by atoms with Gasteiger partial charge in [0.2, 0.25) is 0 Å². The van der Waals surface area contributed by atoms with Crippen LogP contribution in [0.15, 0.2) is 0 Å². The molecule has 0 radical (unpaired) electrons. The quantitative estimate of drug-likeness (QED) is 0.122. The third kappa shape index (κ3) is 6.98. The molecule has 0 bridgehead atoms. The van der Waals surface area contributed by atoms with Crippen molar-refractivity contribution < 1.29 is 0 Å². The molecule has 0 nitrogen and oxygen atoms in total. The maximum Gasteiger partial charge on any atom is 0.140 e. The molecular weight excluding hydrogens is 807 g/mol. The maximum atomic E-state index is 2.45. The van der Waals surface area contributed by atoms with Crippen molar-refractivity contribution in [1.82, 2.24) is 0 Å². The Morgan fingerprint density at radius 3 is 0.500 bits per heavy atom. The van der Waals surface area contributed by atoms with E-state index < -0.39 is 0 Å². The topological polar surface area (TPSA) is 0 Å². The van der Waals surface area contributed by atoms with Crippen LogP contribution in [0.3, 0.4) is 0 Å². The number of rotatable bonds is 4. The molecule has 8 rings (SSSR count). The second kappa shape index (κ2) is 18.1. The van der Waals surface area contributed by atoms with Gasteiger partial charge in [-0.3, -0.25) is 0 Å². The van der Waals surface area contributed by atoms with E-state index >= 15 is 0 Å². The molecule has 0 spiro atoms. The van der Waals surface area contributed by atoms with Crippen LogP contribution in [0.1, 0.15) is 0 Å². The predicted octanol–water partition coefficient (Wildman–Crippen LogP) is -37.0.